The van der Waals surface area contributed by atoms with E-state index in [2.05, 4.69) is 20.4 Å². The fraction of sp³-hybridized carbons (Fsp3) is 0. The minimum Gasteiger partial charge on any atom is -0.275 e. The molecule has 5 nitrogen and oxygen atoms in total. The molecule has 24 heavy (non-hydrogen) atoms. The molecule has 0 fully saturated rings. The number of hydrogen-bond acceptors (Lipinski definition) is 3. The maximum absolute atomic E-state index is 11.3. The highest BCUT2D eigenvalue weighted by Gasteiger charge is 2.18. The van der Waals surface area contributed by atoms with Crippen LogP contribution >= 0.6 is 0 Å². The van der Waals surface area contributed by atoms with E-state index >= 15 is 0 Å². The highest BCUT2D eigenvalue weighted by Crippen LogP contribution is 2.37. The molecule has 0 radical (unpaired) electrons. The number of nitrogens with zero attached hydrogens (tertiary/aromatic N) is 2. The summed E-state index contributed by atoms with van der Waals surface area (Å²) >= 11 is 0. The van der Waals surface area contributed by atoms with E-state index in [1.54, 1.807) is 6.07 Å². The van der Waals surface area contributed by atoms with Crippen LogP contribution in [0.4, 0.5) is 0 Å². The first kappa shape index (κ1) is 14.1. The summed E-state index contributed by atoms with van der Waals surface area (Å²) in [4.78, 5) is 11.3. The Labute approximate surface area is 138 Å². The van der Waals surface area contributed by atoms with Crippen molar-refractivity contribution >= 4 is 0 Å². The van der Waals surface area contributed by atoms with Crippen LogP contribution in [0.3, 0.4) is 0 Å². The average molecular weight is 314 g/mol. The Balaban J connectivity index is 1.97. The van der Waals surface area contributed by atoms with Crippen LogP contribution in [0.2, 0.25) is 0 Å². The number of benzene rings is 2. The number of hydrogen-bond donors (Lipinski definition) is 2. The van der Waals surface area contributed by atoms with Gasteiger partial charge in [-0.05, 0) is 11.6 Å². The summed E-state index contributed by atoms with van der Waals surface area (Å²) in [6.07, 6.45) is 0. The average Bonchev–Trinajstić information content (AvgIpc) is 3.09. The Hall–Kier alpha value is -3.47. The Bertz CT molecular complexity index is 1000. The smallest absolute Gasteiger partial charge is 0.264 e. The maximum Gasteiger partial charge on any atom is 0.264 e. The van der Waals surface area contributed by atoms with Crippen molar-refractivity contribution in [3.63, 3.8) is 0 Å². The Morgan fingerprint density at radius 1 is 0.667 bits per heavy atom. The van der Waals surface area contributed by atoms with Crippen molar-refractivity contribution in [3.8, 4) is 33.8 Å². The second-order valence-corrected chi connectivity index (χ2v) is 5.36. The van der Waals surface area contributed by atoms with Gasteiger partial charge in [-0.15, -0.1) is 0 Å². The Morgan fingerprint density at radius 3 is 1.96 bits per heavy atom. The van der Waals surface area contributed by atoms with Crippen LogP contribution in [0.5, 0.6) is 0 Å². The molecule has 4 aromatic rings. The highest BCUT2D eigenvalue weighted by molar-refractivity contribution is 5.90. The summed E-state index contributed by atoms with van der Waals surface area (Å²) in [5.74, 6) is 0. The molecule has 116 valence electrons. The molecule has 0 spiro atoms. The zero-order valence-corrected chi connectivity index (χ0v) is 12.7. The van der Waals surface area contributed by atoms with Crippen LogP contribution < -0.4 is 5.56 Å². The minimum absolute atomic E-state index is 0.234. The van der Waals surface area contributed by atoms with E-state index in [-0.39, 0.29) is 5.56 Å². The molecule has 0 bridgehead atoms. The molecule has 0 amide bonds. The number of rotatable bonds is 3. The third kappa shape index (κ3) is 2.52. The van der Waals surface area contributed by atoms with Crippen molar-refractivity contribution in [2.75, 3.05) is 0 Å². The van der Waals surface area contributed by atoms with Crippen LogP contribution in [0.25, 0.3) is 33.8 Å². The van der Waals surface area contributed by atoms with Crippen molar-refractivity contribution in [3.05, 3.63) is 83.2 Å². The molecule has 5 heteroatoms. The molecule has 4 rings (SSSR count). The van der Waals surface area contributed by atoms with Crippen LogP contribution in [0.15, 0.2) is 77.6 Å². The summed E-state index contributed by atoms with van der Waals surface area (Å²) in [7, 11) is 0. The predicted molar refractivity (Wildman–Crippen MR) is 93.3 cm³/mol. The first-order valence-corrected chi connectivity index (χ1v) is 7.58. The van der Waals surface area contributed by atoms with Gasteiger partial charge in [-0.1, -0.05) is 60.7 Å². The lowest BCUT2D eigenvalue weighted by Crippen LogP contribution is -2.05. The lowest BCUT2D eigenvalue weighted by molar-refractivity contribution is 0.982. The fourth-order valence-electron chi connectivity index (χ4n) is 2.70. The molecule has 0 aliphatic heterocycles. The molecule has 2 aromatic carbocycles. The highest BCUT2D eigenvalue weighted by atomic mass is 16.1. The van der Waals surface area contributed by atoms with Crippen LogP contribution in [-0.4, -0.2) is 20.4 Å². The van der Waals surface area contributed by atoms with E-state index in [1.165, 1.54) is 6.07 Å². The second kappa shape index (κ2) is 5.96. The topological polar surface area (TPSA) is 74.4 Å². The first-order chi connectivity index (χ1) is 11.8. The molecular weight excluding hydrogens is 300 g/mol. The first-order valence-electron chi connectivity index (χ1n) is 7.58. The fourth-order valence-corrected chi connectivity index (χ4v) is 2.70. The number of nitrogens with one attached hydrogen (secondary N) is 2. The van der Waals surface area contributed by atoms with E-state index in [1.807, 2.05) is 60.7 Å². The SMILES string of the molecule is O=c1ccc(-c2[nH]nc(-c3ccccc3)c2-c2ccccc2)n[nH]1. The van der Waals surface area contributed by atoms with Crippen molar-refractivity contribution in [2.45, 2.75) is 0 Å². The van der Waals surface area contributed by atoms with Gasteiger partial charge in [0.2, 0.25) is 0 Å². The third-order valence-electron chi connectivity index (χ3n) is 3.81. The monoisotopic (exact) mass is 314 g/mol. The van der Waals surface area contributed by atoms with Crippen molar-refractivity contribution in [1.29, 1.82) is 0 Å². The molecule has 2 heterocycles. The normalized spacial score (nSPS) is 10.7. The van der Waals surface area contributed by atoms with E-state index < -0.39 is 0 Å². The summed E-state index contributed by atoms with van der Waals surface area (Å²) in [5, 5.41) is 14.2. The maximum atomic E-state index is 11.3. The van der Waals surface area contributed by atoms with Gasteiger partial charge in [-0.25, -0.2) is 5.10 Å². The lowest BCUT2D eigenvalue weighted by Gasteiger charge is -2.06. The van der Waals surface area contributed by atoms with Crippen LogP contribution in [0, 0.1) is 0 Å². The van der Waals surface area contributed by atoms with Crippen molar-refractivity contribution in [1.82, 2.24) is 20.4 Å². The predicted octanol–water partition coefficient (Wildman–Crippen LogP) is 3.49. The molecule has 0 aliphatic rings. The molecule has 0 unspecified atom stereocenters. The standard InChI is InChI=1S/C19H14N4O/c24-16-12-11-15(20-21-16)19-17(13-7-3-1-4-8-13)18(22-23-19)14-9-5-2-6-10-14/h1-12H,(H,21,24)(H,22,23). The molecule has 2 aromatic heterocycles. The molecule has 0 aliphatic carbocycles. The molecule has 0 saturated carbocycles. The van der Waals surface area contributed by atoms with Crippen LogP contribution in [-0.2, 0) is 0 Å². The van der Waals surface area contributed by atoms with Gasteiger partial charge in [-0.3, -0.25) is 9.89 Å². The van der Waals surface area contributed by atoms with Crippen molar-refractivity contribution in [2.24, 2.45) is 0 Å². The Kier molecular flexibility index (Phi) is 3.51. The van der Waals surface area contributed by atoms with Gasteiger partial charge in [0, 0.05) is 17.2 Å². The molecule has 2 N–H and O–H groups in total. The van der Waals surface area contributed by atoms with E-state index in [4.69, 9.17) is 0 Å². The molecular formula is C19H14N4O. The zero-order chi connectivity index (χ0) is 16.4. The quantitative estimate of drug-likeness (QED) is 0.608. The van der Waals surface area contributed by atoms with Gasteiger partial charge in [0.15, 0.2) is 0 Å². The lowest BCUT2D eigenvalue weighted by atomic mass is 9.98. The van der Waals surface area contributed by atoms with E-state index in [0.29, 0.717) is 5.69 Å². The van der Waals surface area contributed by atoms with Gasteiger partial charge in [0.1, 0.15) is 11.4 Å². The molecule has 0 saturated heterocycles. The zero-order valence-electron chi connectivity index (χ0n) is 12.7. The van der Waals surface area contributed by atoms with Gasteiger partial charge >= 0.3 is 0 Å². The summed E-state index contributed by atoms with van der Waals surface area (Å²) < 4.78 is 0. The van der Waals surface area contributed by atoms with E-state index in [0.717, 1.165) is 28.1 Å². The summed E-state index contributed by atoms with van der Waals surface area (Å²) in [6.45, 7) is 0. The second-order valence-electron chi connectivity index (χ2n) is 5.36. The number of H-pyrrole nitrogens is 2. The minimum atomic E-state index is -0.234. The number of aromatic nitrogens is 4. The van der Waals surface area contributed by atoms with Gasteiger partial charge in [-0.2, -0.15) is 10.2 Å². The van der Waals surface area contributed by atoms with Gasteiger partial charge < -0.3 is 0 Å². The Morgan fingerprint density at radius 2 is 1.33 bits per heavy atom. The van der Waals surface area contributed by atoms with Gasteiger partial charge in [0.05, 0.1) is 5.69 Å². The summed E-state index contributed by atoms with van der Waals surface area (Å²) in [6, 6.07) is 23.1. The van der Waals surface area contributed by atoms with Crippen LogP contribution in [0.1, 0.15) is 0 Å². The third-order valence-corrected chi connectivity index (χ3v) is 3.81. The summed E-state index contributed by atoms with van der Waals surface area (Å²) in [5.41, 5.74) is 5.05. The molecule has 0 atom stereocenters. The van der Waals surface area contributed by atoms with E-state index in [9.17, 15) is 4.79 Å². The van der Waals surface area contributed by atoms with Gasteiger partial charge in [0.25, 0.3) is 5.56 Å². The largest absolute Gasteiger partial charge is 0.275 e. The van der Waals surface area contributed by atoms with Crippen molar-refractivity contribution < 1.29 is 0 Å². The number of aromatic amines is 2.